The molecule has 86 valence electrons. The van der Waals surface area contributed by atoms with Gasteiger partial charge < -0.3 is 5.11 Å². The van der Waals surface area contributed by atoms with Crippen molar-refractivity contribution in [2.75, 3.05) is 0 Å². The standard InChI is InChI=1S/C13H11ClN2O/c1-9-2-7-12(13(17)8-9)16-15-11-5-3-10(14)4-6-11/h2-8,17H,1H3. The van der Waals surface area contributed by atoms with Gasteiger partial charge in [0, 0.05) is 5.02 Å². The van der Waals surface area contributed by atoms with Crippen LogP contribution in [-0.2, 0) is 0 Å². The summed E-state index contributed by atoms with van der Waals surface area (Å²) in [6.45, 7) is 1.90. The van der Waals surface area contributed by atoms with Crippen LogP contribution in [0.4, 0.5) is 11.4 Å². The average Bonchev–Trinajstić information content (AvgIpc) is 2.30. The highest BCUT2D eigenvalue weighted by atomic mass is 35.5. The SMILES string of the molecule is Cc1ccc(N=Nc2ccc(Cl)cc2)c(O)c1. The van der Waals surface area contributed by atoms with Gasteiger partial charge >= 0.3 is 0 Å². The Morgan fingerprint density at radius 3 is 2.35 bits per heavy atom. The van der Waals surface area contributed by atoms with Gasteiger partial charge in [-0.25, -0.2) is 0 Å². The van der Waals surface area contributed by atoms with E-state index in [-0.39, 0.29) is 5.75 Å². The summed E-state index contributed by atoms with van der Waals surface area (Å²) in [6.07, 6.45) is 0. The largest absolute Gasteiger partial charge is 0.506 e. The number of nitrogens with zero attached hydrogens (tertiary/aromatic N) is 2. The smallest absolute Gasteiger partial charge is 0.143 e. The number of azo groups is 1. The van der Waals surface area contributed by atoms with E-state index in [9.17, 15) is 5.11 Å². The van der Waals surface area contributed by atoms with Gasteiger partial charge in [-0.2, -0.15) is 5.11 Å². The van der Waals surface area contributed by atoms with E-state index in [4.69, 9.17) is 11.6 Å². The number of phenols is 1. The molecule has 3 nitrogen and oxygen atoms in total. The fraction of sp³-hybridized carbons (Fsp3) is 0.0769. The minimum absolute atomic E-state index is 0.128. The Morgan fingerprint density at radius 1 is 1.00 bits per heavy atom. The van der Waals surface area contributed by atoms with E-state index >= 15 is 0 Å². The normalized spacial score (nSPS) is 10.9. The first-order valence-corrected chi connectivity index (χ1v) is 5.50. The van der Waals surface area contributed by atoms with Gasteiger partial charge in [-0.3, -0.25) is 0 Å². The summed E-state index contributed by atoms with van der Waals surface area (Å²) in [7, 11) is 0. The van der Waals surface area contributed by atoms with Crippen LogP contribution in [0.1, 0.15) is 5.56 Å². The number of benzene rings is 2. The lowest BCUT2D eigenvalue weighted by Gasteiger charge is -1.98. The van der Waals surface area contributed by atoms with Crippen LogP contribution in [0, 0.1) is 6.92 Å². The zero-order valence-electron chi connectivity index (χ0n) is 9.26. The molecular weight excluding hydrogens is 236 g/mol. The van der Waals surface area contributed by atoms with E-state index in [1.165, 1.54) is 0 Å². The van der Waals surface area contributed by atoms with Crippen molar-refractivity contribution >= 4 is 23.0 Å². The van der Waals surface area contributed by atoms with Crippen LogP contribution in [-0.4, -0.2) is 5.11 Å². The summed E-state index contributed by atoms with van der Waals surface area (Å²) in [4.78, 5) is 0. The number of aromatic hydroxyl groups is 1. The lowest BCUT2D eigenvalue weighted by molar-refractivity contribution is 0.476. The topological polar surface area (TPSA) is 45.0 Å². The number of hydrogen-bond donors (Lipinski definition) is 1. The molecule has 0 aliphatic rings. The van der Waals surface area contributed by atoms with E-state index in [1.54, 1.807) is 36.4 Å². The molecule has 0 aliphatic carbocycles. The summed E-state index contributed by atoms with van der Waals surface area (Å²) in [5.74, 6) is 0.128. The lowest BCUT2D eigenvalue weighted by atomic mass is 10.2. The first-order valence-electron chi connectivity index (χ1n) is 5.12. The Hall–Kier alpha value is -1.87. The van der Waals surface area contributed by atoms with Gasteiger partial charge in [-0.15, -0.1) is 5.11 Å². The van der Waals surface area contributed by atoms with Crippen molar-refractivity contribution in [3.05, 3.63) is 53.1 Å². The number of phenolic OH excluding ortho intramolecular Hbond substituents is 1. The Kier molecular flexibility index (Phi) is 3.40. The number of halogens is 1. The minimum Gasteiger partial charge on any atom is -0.506 e. The fourth-order valence-electron chi connectivity index (χ4n) is 1.34. The van der Waals surface area contributed by atoms with Crippen LogP contribution < -0.4 is 0 Å². The second kappa shape index (κ2) is 4.97. The van der Waals surface area contributed by atoms with Crippen molar-refractivity contribution in [2.45, 2.75) is 6.92 Å². The van der Waals surface area contributed by atoms with Crippen molar-refractivity contribution in [1.29, 1.82) is 0 Å². The molecule has 0 saturated carbocycles. The maximum Gasteiger partial charge on any atom is 0.143 e. The second-order valence-electron chi connectivity index (χ2n) is 3.67. The van der Waals surface area contributed by atoms with Crippen LogP contribution in [0.25, 0.3) is 0 Å². The van der Waals surface area contributed by atoms with Gasteiger partial charge in [0.1, 0.15) is 11.4 Å². The minimum atomic E-state index is 0.128. The van der Waals surface area contributed by atoms with Crippen molar-refractivity contribution in [2.24, 2.45) is 10.2 Å². The zero-order valence-corrected chi connectivity index (χ0v) is 10.0. The third-order valence-corrected chi connectivity index (χ3v) is 2.48. The Balaban J connectivity index is 2.23. The van der Waals surface area contributed by atoms with Gasteiger partial charge in [0.15, 0.2) is 0 Å². The van der Waals surface area contributed by atoms with Gasteiger partial charge in [0.2, 0.25) is 0 Å². The predicted molar refractivity (Wildman–Crippen MR) is 68.5 cm³/mol. The summed E-state index contributed by atoms with van der Waals surface area (Å²) in [5.41, 5.74) is 2.12. The molecule has 2 aromatic carbocycles. The molecule has 0 radical (unpaired) electrons. The fourth-order valence-corrected chi connectivity index (χ4v) is 1.46. The summed E-state index contributed by atoms with van der Waals surface area (Å²) < 4.78 is 0. The van der Waals surface area contributed by atoms with Crippen molar-refractivity contribution in [1.82, 2.24) is 0 Å². The molecule has 0 fully saturated rings. The maximum absolute atomic E-state index is 9.64. The molecule has 0 aromatic heterocycles. The maximum atomic E-state index is 9.64. The molecule has 17 heavy (non-hydrogen) atoms. The highest BCUT2D eigenvalue weighted by Crippen LogP contribution is 2.28. The number of aryl methyl sites for hydroxylation is 1. The van der Waals surface area contributed by atoms with Crippen LogP contribution in [0.15, 0.2) is 52.7 Å². The Morgan fingerprint density at radius 2 is 1.71 bits per heavy atom. The molecule has 0 atom stereocenters. The Labute approximate surface area is 104 Å². The van der Waals surface area contributed by atoms with Crippen LogP contribution >= 0.6 is 11.6 Å². The second-order valence-corrected chi connectivity index (χ2v) is 4.11. The van der Waals surface area contributed by atoms with E-state index in [0.29, 0.717) is 16.4 Å². The molecule has 0 saturated heterocycles. The summed E-state index contributed by atoms with van der Waals surface area (Å²) in [5, 5.41) is 18.3. The number of hydrogen-bond acceptors (Lipinski definition) is 3. The third-order valence-electron chi connectivity index (χ3n) is 2.23. The van der Waals surface area contributed by atoms with E-state index in [2.05, 4.69) is 10.2 Å². The molecule has 0 spiro atoms. The molecule has 2 rings (SSSR count). The average molecular weight is 247 g/mol. The van der Waals surface area contributed by atoms with Crippen molar-refractivity contribution < 1.29 is 5.11 Å². The highest BCUT2D eigenvalue weighted by molar-refractivity contribution is 6.30. The van der Waals surface area contributed by atoms with Crippen LogP contribution in [0.2, 0.25) is 5.02 Å². The van der Waals surface area contributed by atoms with E-state index < -0.39 is 0 Å². The zero-order chi connectivity index (χ0) is 12.3. The van der Waals surface area contributed by atoms with Gasteiger partial charge in [0.25, 0.3) is 0 Å². The van der Waals surface area contributed by atoms with Crippen LogP contribution in [0.5, 0.6) is 5.75 Å². The third kappa shape index (κ3) is 3.04. The van der Waals surface area contributed by atoms with Crippen molar-refractivity contribution in [3.63, 3.8) is 0 Å². The Bertz CT molecular complexity index is 550. The van der Waals surface area contributed by atoms with Gasteiger partial charge in [-0.1, -0.05) is 17.7 Å². The number of rotatable bonds is 2. The van der Waals surface area contributed by atoms with Crippen molar-refractivity contribution in [3.8, 4) is 5.75 Å². The summed E-state index contributed by atoms with van der Waals surface area (Å²) in [6, 6.07) is 12.3. The molecule has 0 heterocycles. The first kappa shape index (κ1) is 11.6. The molecule has 0 bridgehead atoms. The predicted octanol–water partition coefficient (Wildman–Crippen LogP) is 4.77. The quantitative estimate of drug-likeness (QED) is 0.762. The molecule has 1 N–H and O–H groups in total. The van der Waals surface area contributed by atoms with Gasteiger partial charge in [-0.05, 0) is 48.9 Å². The lowest BCUT2D eigenvalue weighted by Crippen LogP contribution is -1.72. The monoisotopic (exact) mass is 246 g/mol. The molecule has 2 aromatic rings. The van der Waals surface area contributed by atoms with Crippen LogP contribution in [0.3, 0.4) is 0 Å². The van der Waals surface area contributed by atoms with E-state index in [1.807, 2.05) is 13.0 Å². The van der Waals surface area contributed by atoms with Gasteiger partial charge in [0.05, 0.1) is 5.69 Å². The van der Waals surface area contributed by atoms with E-state index in [0.717, 1.165) is 5.56 Å². The molecule has 4 heteroatoms. The molecule has 0 amide bonds. The molecule has 0 unspecified atom stereocenters. The summed E-state index contributed by atoms with van der Waals surface area (Å²) >= 11 is 5.76. The molecule has 0 aliphatic heterocycles. The molecular formula is C13H11ClN2O. The first-order chi connectivity index (χ1) is 8.15. The highest BCUT2D eigenvalue weighted by Gasteiger charge is 1.99.